The summed E-state index contributed by atoms with van der Waals surface area (Å²) in [6, 6.07) is 2.90. The molecule has 0 heterocycles. The number of halogens is 5. The van der Waals surface area contributed by atoms with Crippen LogP contribution in [0.5, 0.6) is 5.75 Å². The third-order valence-corrected chi connectivity index (χ3v) is 2.11. The maximum atomic E-state index is 13.1. The molecule has 0 bridgehead atoms. The first kappa shape index (κ1) is 16.9. The van der Waals surface area contributed by atoms with Crippen LogP contribution in [0, 0.1) is 0 Å². The van der Waals surface area contributed by atoms with Crippen LogP contribution >= 0.6 is 12.4 Å². The summed E-state index contributed by atoms with van der Waals surface area (Å²) < 4.78 is 54.0. The highest BCUT2D eigenvalue weighted by molar-refractivity contribution is 5.85. The first-order chi connectivity index (χ1) is 7.86. The molecule has 1 atom stereocenters. The number of nitrogens with two attached hydrogens (primary N) is 1. The van der Waals surface area contributed by atoms with Gasteiger partial charge in [-0.05, 0) is 17.7 Å². The number of hydrogen-bond acceptors (Lipinski definition) is 3. The third kappa shape index (κ3) is 4.32. The van der Waals surface area contributed by atoms with E-state index in [2.05, 4.69) is 4.74 Å². The summed E-state index contributed by atoms with van der Waals surface area (Å²) in [6.07, 6.45) is 0. The summed E-state index contributed by atoms with van der Waals surface area (Å²) in [5.74, 6) is -3.79. The number of hydrogen-bond donors (Lipinski definition) is 2. The number of benzene rings is 1. The fraction of sp³-hybridized carbons (Fsp3) is 0.400. The van der Waals surface area contributed by atoms with Crippen LogP contribution in [0.15, 0.2) is 24.3 Å². The van der Waals surface area contributed by atoms with E-state index in [1.807, 2.05) is 0 Å². The number of rotatable bonds is 5. The second-order valence-corrected chi connectivity index (χ2v) is 3.35. The highest BCUT2D eigenvalue weighted by Gasteiger charge is 2.37. The van der Waals surface area contributed by atoms with E-state index >= 15 is 0 Å². The molecule has 8 heteroatoms. The summed E-state index contributed by atoms with van der Waals surface area (Å²) in [5, 5.41) is 8.46. The molecule has 0 aromatic heterocycles. The van der Waals surface area contributed by atoms with Gasteiger partial charge in [-0.25, -0.2) is 8.78 Å². The van der Waals surface area contributed by atoms with Gasteiger partial charge in [-0.2, -0.15) is 8.78 Å². The first-order valence-electron chi connectivity index (χ1n) is 4.66. The molecular formula is C10H12ClF4NO2. The van der Waals surface area contributed by atoms with Crippen LogP contribution in [0.4, 0.5) is 17.6 Å². The van der Waals surface area contributed by atoms with Gasteiger partial charge in [0, 0.05) is 0 Å². The summed E-state index contributed by atoms with van der Waals surface area (Å²) in [7, 11) is 0. The van der Waals surface area contributed by atoms with E-state index in [0.29, 0.717) is 0 Å². The fourth-order valence-electron chi connectivity index (χ4n) is 1.23. The van der Waals surface area contributed by atoms with Crippen molar-refractivity contribution in [3.63, 3.8) is 0 Å². The van der Waals surface area contributed by atoms with Crippen LogP contribution < -0.4 is 10.5 Å². The Labute approximate surface area is 107 Å². The van der Waals surface area contributed by atoms with Crippen LogP contribution in [0.3, 0.4) is 0 Å². The maximum Gasteiger partial charge on any atom is 0.387 e. The highest BCUT2D eigenvalue weighted by atomic mass is 35.5. The number of ether oxygens (including phenoxy) is 1. The van der Waals surface area contributed by atoms with Crippen molar-refractivity contribution in [2.75, 3.05) is 6.61 Å². The molecule has 3 nitrogen and oxygen atoms in total. The number of aliphatic hydroxyl groups excluding tert-OH is 1. The van der Waals surface area contributed by atoms with E-state index in [-0.39, 0.29) is 23.7 Å². The van der Waals surface area contributed by atoms with Crippen molar-refractivity contribution in [2.45, 2.75) is 18.6 Å². The topological polar surface area (TPSA) is 55.5 Å². The fourth-order valence-corrected chi connectivity index (χ4v) is 1.23. The maximum absolute atomic E-state index is 13.1. The molecule has 0 aliphatic carbocycles. The second-order valence-electron chi connectivity index (χ2n) is 3.35. The monoisotopic (exact) mass is 289 g/mol. The summed E-state index contributed by atoms with van der Waals surface area (Å²) in [4.78, 5) is 0. The first-order valence-corrected chi connectivity index (χ1v) is 4.66. The van der Waals surface area contributed by atoms with Gasteiger partial charge in [-0.15, -0.1) is 12.4 Å². The molecular weight excluding hydrogens is 278 g/mol. The van der Waals surface area contributed by atoms with E-state index < -0.39 is 25.2 Å². The highest BCUT2D eigenvalue weighted by Crippen LogP contribution is 2.30. The molecule has 0 fully saturated rings. The lowest BCUT2D eigenvalue weighted by molar-refractivity contribution is -0.0714. The van der Waals surface area contributed by atoms with E-state index in [9.17, 15) is 17.6 Å². The van der Waals surface area contributed by atoms with Gasteiger partial charge >= 0.3 is 6.61 Å². The van der Waals surface area contributed by atoms with Gasteiger partial charge in [-0.1, -0.05) is 12.1 Å². The Hall–Kier alpha value is -1.05. The Balaban J connectivity index is 0.00000289. The van der Waals surface area contributed by atoms with Gasteiger partial charge in [-0.3, -0.25) is 0 Å². The SMILES string of the molecule is Cl.N[C@H](c1cccc(OC(F)F)c1)C(F)(F)CO. The Morgan fingerprint density at radius 2 is 1.94 bits per heavy atom. The van der Waals surface area contributed by atoms with Gasteiger partial charge in [0.2, 0.25) is 0 Å². The molecule has 0 aliphatic rings. The molecule has 3 N–H and O–H groups in total. The molecule has 18 heavy (non-hydrogen) atoms. The van der Waals surface area contributed by atoms with E-state index in [1.165, 1.54) is 18.2 Å². The minimum atomic E-state index is -3.52. The zero-order chi connectivity index (χ0) is 13.1. The van der Waals surface area contributed by atoms with Crippen LogP contribution in [-0.2, 0) is 0 Å². The minimum absolute atomic E-state index is 0. The average molecular weight is 290 g/mol. The molecule has 0 unspecified atom stereocenters. The predicted octanol–water partition coefficient (Wildman–Crippen LogP) is 2.34. The smallest absolute Gasteiger partial charge is 0.387 e. The number of alkyl halides is 4. The largest absolute Gasteiger partial charge is 0.435 e. The quantitative estimate of drug-likeness (QED) is 0.818. The second kappa shape index (κ2) is 6.77. The van der Waals surface area contributed by atoms with Crippen LogP contribution in [-0.4, -0.2) is 24.2 Å². The van der Waals surface area contributed by atoms with Crippen LogP contribution in [0.25, 0.3) is 0 Å². The third-order valence-electron chi connectivity index (χ3n) is 2.11. The van der Waals surface area contributed by atoms with Gasteiger partial charge < -0.3 is 15.6 Å². The summed E-state index contributed by atoms with van der Waals surface area (Å²) in [5.41, 5.74) is 5.13. The Morgan fingerprint density at radius 1 is 1.33 bits per heavy atom. The van der Waals surface area contributed by atoms with Crippen molar-refractivity contribution in [1.82, 2.24) is 0 Å². The van der Waals surface area contributed by atoms with Gasteiger partial charge in [0.15, 0.2) is 0 Å². The summed E-state index contributed by atoms with van der Waals surface area (Å²) in [6.45, 7) is -4.46. The Bertz CT molecular complexity index is 379. The molecule has 1 aromatic rings. The van der Waals surface area contributed by atoms with Gasteiger partial charge in [0.05, 0.1) is 6.04 Å². The van der Waals surface area contributed by atoms with Crippen molar-refractivity contribution in [2.24, 2.45) is 5.73 Å². The molecule has 0 aliphatic heterocycles. The van der Waals surface area contributed by atoms with Crippen molar-refractivity contribution < 1.29 is 27.4 Å². The van der Waals surface area contributed by atoms with Crippen LogP contribution in [0.1, 0.15) is 11.6 Å². The Kier molecular flexibility index (Phi) is 6.37. The van der Waals surface area contributed by atoms with E-state index in [0.717, 1.165) is 6.07 Å². The molecule has 104 valence electrons. The molecule has 0 radical (unpaired) electrons. The lowest BCUT2D eigenvalue weighted by Gasteiger charge is -2.22. The summed E-state index contributed by atoms with van der Waals surface area (Å²) >= 11 is 0. The van der Waals surface area contributed by atoms with Gasteiger partial charge in [0.25, 0.3) is 5.92 Å². The van der Waals surface area contributed by atoms with Gasteiger partial charge in [0.1, 0.15) is 12.4 Å². The molecule has 1 rings (SSSR count). The van der Waals surface area contributed by atoms with Crippen molar-refractivity contribution in [3.05, 3.63) is 29.8 Å². The van der Waals surface area contributed by atoms with Crippen molar-refractivity contribution in [1.29, 1.82) is 0 Å². The predicted molar refractivity (Wildman–Crippen MR) is 59.3 cm³/mol. The zero-order valence-corrected chi connectivity index (χ0v) is 9.84. The standard InChI is InChI=1S/C10H11F4NO2.ClH/c11-9(12)17-7-3-1-2-6(4-7)8(15)10(13,14)5-16;/h1-4,8-9,16H,5,15H2;1H/t8-;/m1./s1. The molecule has 0 saturated carbocycles. The average Bonchev–Trinajstić information content (AvgIpc) is 2.27. The molecule has 1 aromatic carbocycles. The molecule has 0 saturated heterocycles. The lowest BCUT2D eigenvalue weighted by Crippen LogP contribution is -2.36. The van der Waals surface area contributed by atoms with E-state index in [4.69, 9.17) is 10.8 Å². The minimum Gasteiger partial charge on any atom is -0.435 e. The van der Waals surface area contributed by atoms with Crippen molar-refractivity contribution in [3.8, 4) is 5.75 Å². The lowest BCUT2D eigenvalue weighted by atomic mass is 10.0. The van der Waals surface area contributed by atoms with Crippen molar-refractivity contribution >= 4 is 12.4 Å². The molecule has 0 amide bonds. The molecule has 0 spiro atoms. The zero-order valence-electron chi connectivity index (χ0n) is 9.02. The number of aliphatic hydroxyl groups is 1. The normalized spacial score (nSPS) is 13.1. The Morgan fingerprint density at radius 3 is 2.44 bits per heavy atom. The van der Waals surface area contributed by atoms with E-state index in [1.54, 1.807) is 0 Å². The van der Waals surface area contributed by atoms with Crippen LogP contribution in [0.2, 0.25) is 0 Å².